The maximum atomic E-state index is 12.1. The van der Waals surface area contributed by atoms with Crippen LogP contribution in [0.25, 0.3) is 0 Å². The standard InChI is InChI=1S/C11H16BrClN2O2S2/c1-15-4-2-8(3-5-15)7-14-19(16,17)10-6-9(13)11(12)18-10/h6,8,14H,2-5,7H2,1H3. The van der Waals surface area contributed by atoms with E-state index in [0.29, 0.717) is 21.3 Å². The van der Waals surface area contributed by atoms with Crippen LogP contribution in [0.2, 0.25) is 5.02 Å². The lowest BCUT2D eigenvalue weighted by atomic mass is 9.98. The van der Waals surface area contributed by atoms with Gasteiger partial charge in [0.25, 0.3) is 0 Å². The van der Waals surface area contributed by atoms with Gasteiger partial charge >= 0.3 is 0 Å². The molecule has 0 bridgehead atoms. The molecule has 0 saturated carbocycles. The summed E-state index contributed by atoms with van der Waals surface area (Å²) < 4.78 is 27.8. The van der Waals surface area contributed by atoms with Gasteiger partial charge in [-0.3, -0.25) is 0 Å². The summed E-state index contributed by atoms with van der Waals surface area (Å²) in [6.45, 7) is 2.56. The number of piperidine rings is 1. The second kappa shape index (κ2) is 6.41. The van der Waals surface area contributed by atoms with Crippen molar-refractivity contribution in [3.05, 3.63) is 14.9 Å². The fourth-order valence-corrected chi connectivity index (χ4v) is 5.58. The minimum absolute atomic E-state index is 0.261. The van der Waals surface area contributed by atoms with Gasteiger partial charge in [0, 0.05) is 6.54 Å². The third kappa shape index (κ3) is 4.15. The lowest BCUT2D eigenvalue weighted by molar-refractivity contribution is 0.220. The first-order valence-corrected chi connectivity index (χ1v) is 9.48. The molecule has 8 heteroatoms. The summed E-state index contributed by atoms with van der Waals surface area (Å²) in [6.07, 6.45) is 2.07. The summed E-state index contributed by atoms with van der Waals surface area (Å²) in [5, 5.41) is 0.435. The van der Waals surface area contributed by atoms with E-state index in [0.717, 1.165) is 37.3 Å². The molecule has 1 fully saturated rings. The van der Waals surface area contributed by atoms with Gasteiger partial charge in [-0.15, -0.1) is 11.3 Å². The van der Waals surface area contributed by atoms with E-state index in [1.807, 2.05) is 0 Å². The first kappa shape index (κ1) is 15.7. The fourth-order valence-electron chi connectivity index (χ4n) is 2.02. The molecule has 0 amide bonds. The van der Waals surface area contributed by atoms with Crippen LogP contribution >= 0.6 is 38.9 Å². The van der Waals surface area contributed by atoms with Crippen molar-refractivity contribution in [3.63, 3.8) is 0 Å². The molecule has 19 heavy (non-hydrogen) atoms. The van der Waals surface area contributed by atoms with Crippen molar-refractivity contribution in [1.82, 2.24) is 9.62 Å². The van der Waals surface area contributed by atoms with Crippen LogP contribution in [0.4, 0.5) is 0 Å². The third-order valence-corrected chi connectivity index (χ3v) is 7.66. The highest BCUT2D eigenvalue weighted by Crippen LogP contribution is 2.34. The predicted molar refractivity (Wildman–Crippen MR) is 82.4 cm³/mol. The van der Waals surface area contributed by atoms with E-state index in [1.165, 1.54) is 6.07 Å². The van der Waals surface area contributed by atoms with E-state index < -0.39 is 10.0 Å². The lowest BCUT2D eigenvalue weighted by Crippen LogP contribution is -2.36. The van der Waals surface area contributed by atoms with E-state index in [9.17, 15) is 8.42 Å². The average Bonchev–Trinajstić information content (AvgIpc) is 2.70. The van der Waals surface area contributed by atoms with E-state index in [4.69, 9.17) is 11.6 Å². The summed E-state index contributed by atoms with van der Waals surface area (Å²) in [5.41, 5.74) is 0. The van der Waals surface area contributed by atoms with Crippen molar-refractivity contribution < 1.29 is 8.42 Å². The maximum Gasteiger partial charge on any atom is 0.250 e. The zero-order valence-corrected chi connectivity index (χ0v) is 14.5. The summed E-state index contributed by atoms with van der Waals surface area (Å²) in [6, 6.07) is 1.48. The number of thiophene rings is 1. The Balaban J connectivity index is 1.94. The van der Waals surface area contributed by atoms with Crippen LogP contribution < -0.4 is 4.72 Å². The monoisotopic (exact) mass is 386 g/mol. The van der Waals surface area contributed by atoms with Crippen LogP contribution in [0.3, 0.4) is 0 Å². The zero-order chi connectivity index (χ0) is 14.0. The Labute approximate surface area is 131 Å². The van der Waals surface area contributed by atoms with Crippen LogP contribution in [0.15, 0.2) is 14.1 Å². The summed E-state index contributed by atoms with van der Waals surface area (Å²) in [7, 11) is -1.35. The van der Waals surface area contributed by atoms with Gasteiger partial charge in [0.05, 0.1) is 8.81 Å². The van der Waals surface area contributed by atoms with E-state index >= 15 is 0 Å². The van der Waals surface area contributed by atoms with Crippen LogP contribution in [0.1, 0.15) is 12.8 Å². The molecule has 0 aliphatic carbocycles. The van der Waals surface area contributed by atoms with Crippen molar-refractivity contribution in [2.75, 3.05) is 26.7 Å². The molecule has 1 aliphatic heterocycles. The number of nitrogens with zero attached hydrogens (tertiary/aromatic N) is 1. The number of hydrogen-bond donors (Lipinski definition) is 1. The van der Waals surface area contributed by atoms with Crippen molar-refractivity contribution in [2.45, 2.75) is 17.1 Å². The molecular weight excluding hydrogens is 372 g/mol. The average molecular weight is 388 g/mol. The van der Waals surface area contributed by atoms with Crippen LogP contribution in [-0.4, -0.2) is 40.0 Å². The van der Waals surface area contributed by atoms with E-state index in [1.54, 1.807) is 0 Å². The molecule has 2 rings (SSSR count). The molecule has 1 aliphatic rings. The molecular formula is C11H16BrClN2O2S2. The van der Waals surface area contributed by atoms with Gasteiger partial charge in [-0.05, 0) is 60.9 Å². The van der Waals surface area contributed by atoms with Gasteiger partial charge in [-0.1, -0.05) is 11.6 Å². The highest BCUT2D eigenvalue weighted by Gasteiger charge is 2.22. The van der Waals surface area contributed by atoms with Crippen molar-refractivity contribution in [1.29, 1.82) is 0 Å². The first-order valence-electron chi connectivity index (χ1n) is 6.01. The number of nitrogens with one attached hydrogen (secondary N) is 1. The molecule has 1 aromatic rings. The Hall–Kier alpha value is 0.340. The van der Waals surface area contributed by atoms with Crippen molar-refractivity contribution in [3.8, 4) is 0 Å². The van der Waals surface area contributed by atoms with Gasteiger partial charge < -0.3 is 4.90 Å². The zero-order valence-electron chi connectivity index (χ0n) is 10.5. The fraction of sp³-hybridized carbons (Fsp3) is 0.636. The third-order valence-electron chi connectivity index (χ3n) is 3.29. The normalized spacial score (nSPS) is 18.9. The second-order valence-electron chi connectivity index (χ2n) is 4.79. The summed E-state index contributed by atoms with van der Waals surface area (Å²) in [5.74, 6) is 0.421. The Morgan fingerprint density at radius 1 is 1.53 bits per heavy atom. The Morgan fingerprint density at radius 3 is 2.68 bits per heavy atom. The Kier molecular flexibility index (Phi) is 5.30. The minimum Gasteiger partial charge on any atom is -0.306 e. The Morgan fingerprint density at radius 2 is 2.16 bits per heavy atom. The highest BCUT2D eigenvalue weighted by atomic mass is 79.9. The SMILES string of the molecule is CN1CCC(CNS(=O)(=O)c2cc(Cl)c(Br)s2)CC1. The molecule has 0 spiro atoms. The quantitative estimate of drug-likeness (QED) is 0.864. The number of rotatable bonds is 4. The van der Waals surface area contributed by atoms with Gasteiger partial charge in [-0.2, -0.15) is 0 Å². The minimum atomic E-state index is -3.43. The van der Waals surface area contributed by atoms with Crippen molar-refractivity contribution >= 4 is 48.9 Å². The van der Waals surface area contributed by atoms with Crippen LogP contribution in [-0.2, 0) is 10.0 Å². The van der Waals surface area contributed by atoms with Crippen LogP contribution in [0.5, 0.6) is 0 Å². The lowest BCUT2D eigenvalue weighted by Gasteiger charge is -2.28. The molecule has 1 saturated heterocycles. The number of halogens is 2. The molecule has 1 aromatic heterocycles. The number of likely N-dealkylation sites (tertiary alicyclic amines) is 1. The molecule has 0 aromatic carbocycles. The largest absolute Gasteiger partial charge is 0.306 e. The molecule has 2 heterocycles. The summed E-state index contributed by atoms with van der Waals surface area (Å²) in [4.78, 5) is 2.27. The van der Waals surface area contributed by atoms with Gasteiger partial charge in [0.15, 0.2) is 0 Å². The van der Waals surface area contributed by atoms with E-state index in [2.05, 4.69) is 32.6 Å². The topological polar surface area (TPSA) is 49.4 Å². The van der Waals surface area contributed by atoms with E-state index in [-0.39, 0.29) is 4.21 Å². The van der Waals surface area contributed by atoms with Gasteiger partial charge in [-0.25, -0.2) is 13.1 Å². The van der Waals surface area contributed by atoms with Crippen molar-refractivity contribution in [2.24, 2.45) is 5.92 Å². The smallest absolute Gasteiger partial charge is 0.250 e. The van der Waals surface area contributed by atoms with Gasteiger partial charge in [0.2, 0.25) is 10.0 Å². The number of sulfonamides is 1. The number of hydrogen-bond acceptors (Lipinski definition) is 4. The Bertz CT molecular complexity index is 519. The van der Waals surface area contributed by atoms with Gasteiger partial charge in [0.1, 0.15) is 4.21 Å². The summed E-state index contributed by atoms with van der Waals surface area (Å²) >= 11 is 10.2. The first-order chi connectivity index (χ1) is 8.88. The molecule has 108 valence electrons. The molecule has 0 radical (unpaired) electrons. The maximum absolute atomic E-state index is 12.1. The molecule has 0 unspecified atom stereocenters. The van der Waals surface area contributed by atoms with Crippen LogP contribution in [0, 0.1) is 5.92 Å². The molecule has 4 nitrogen and oxygen atoms in total. The second-order valence-corrected chi connectivity index (χ2v) is 9.56. The molecule has 1 N–H and O–H groups in total. The molecule has 0 atom stereocenters. The predicted octanol–water partition coefficient (Wildman–Crippen LogP) is 2.78. The highest BCUT2D eigenvalue weighted by molar-refractivity contribution is 9.11.